The van der Waals surface area contributed by atoms with Crippen molar-refractivity contribution in [2.24, 2.45) is 0 Å². The molecule has 9 heteroatoms. The molecule has 0 saturated carbocycles. The van der Waals surface area contributed by atoms with Crippen LogP contribution in [0, 0.1) is 5.82 Å². The molecule has 0 saturated heterocycles. The molecule has 1 heterocycles. The fourth-order valence-electron chi connectivity index (χ4n) is 1.62. The Morgan fingerprint density at radius 3 is 2.67 bits per heavy atom. The summed E-state index contributed by atoms with van der Waals surface area (Å²) in [5, 5.41) is 2.95. The Balaban J connectivity index is 2.36. The number of halogens is 3. The fourth-order valence-corrected chi connectivity index (χ4v) is 5.73. The van der Waals surface area contributed by atoms with Gasteiger partial charge >= 0.3 is 0 Å². The summed E-state index contributed by atoms with van der Waals surface area (Å²) in [6, 6.07) is 5.63. The molecule has 0 spiro atoms. The second-order valence-corrected chi connectivity index (χ2v) is 9.13. The first-order valence-electron chi connectivity index (χ1n) is 5.74. The lowest BCUT2D eigenvalue weighted by atomic mass is 10.3. The van der Waals surface area contributed by atoms with Crippen molar-refractivity contribution < 1.29 is 12.8 Å². The van der Waals surface area contributed by atoms with E-state index in [1.54, 1.807) is 13.1 Å². The minimum atomic E-state index is -3.86. The molecule has 4 nitrogen and oxygen atoms in total. The van der Waals surface area contributed by atoms with E-state index in [1.807, 2.05) is 0 Å². The molecule has 2 rings (SSSR count). The summed E-state index contributed by atoms with van der Waals surface area (Å²) in [5.74, 6) is -0.636. The molecule has 0 aliphatic rings. The highest BCUT2D eigenvalue weighted by Crippen LogP contribution is 2.33. The van der Waals surface area contributed by atoms with Gasteiger partial charge in [-0.1, -0.05) is 15.9 Å². The highest BCUT2D eigenvalue weighted by atomic mass is 79.9. The minimum Gasteiger partial charge on any atom is -0.315 e. The van der Waals surface area contributed by atoms with Gasteiger partial charge in [0.15, 0.2) is 0 Å². The van der Waals surface area contributed by atoms with E-state index in [4.69, 9.17) is 0 Å². The van der Waals surface area contributed by atoms with Crippen LogP contribution in [0.5, 0.6) is 0 Å². The van der Waals surface area contributed by atoms with Crippen LogP contribution >= 0.6 is 43.2 Å². The molecule has 114 valence electrons. The number of thiophene rings is 1. The van der Waals surface area contributed by atoms with Crippen LogP contribution in [0.2, 0.25) is 0 Å². The summed E-state index contributed by atoms with van der Waals surface area (Å²) in [5.41, 5.74) is -0.0994. The SMILES string of the molecule is CNCc1cc(S(=O)(=O)Nc2cc(Br)ccc2F)c(Br)s1. The van der Waals surface area contributed by atoms with E-state index in [1.165, 1.54) is 29.5 Å². The van der Waals surface area contributed by atoms with E-state index in [0.29, 0.717) is 14.8 Å². The molecule has 0 bridgehead atoms. The third-order valence-corrected chi connectivity index (χ3v) is 6.63. The lowest BCUT2D eigenvalue weighted by Crippen LogP contribution is -2.14. The predicted octanol–water partition coefficient (Wildman–Crippen LogP) is 3.93. The zero-order chi connectivity index (χ0) is 15.6. The molecule has 2 aromatic rings. The number of sulfonamides is 1. The molecule has 0 radical (unpaired) electrons. The highest BCUT2D eigenvalue weighted by molar-refractivity contribution is 9.11. The van der Waals surface area contributed by atoms with Gasteiger partial charge in [0, 0.05) is 15.9 Å². The Bertz CT molecular complexity index is 763. The average molecular weight is 458 g/mol. The van der Waals surface area contributed by atoms with Gasteiger partial charge in [0.25, 0.3) is 10.0 Å². The number of hydrogen-bond acceptors (Lipinski definition) is 4. The van der Waals surface area contributed by atoms with E-state index in [2.05, 4.69) is 41.9 Å². The van der Waals surface area contributed by atoms with Crippen molar-refractivity contribution in [2.75, 3.05) is 11.8 Å². The molecular weight excluding hydrogens is 447 g/mol. The summed E-state index contributed by atoms with van der Waals surface area (Å²) in [7, 11) is -2.08. The first-order valence-corrected chi connectivity index (χ1v) is 9.62. The second kappa shape index (κ2) is 6.74. The van der Waals surface area contributed by atoms with Gasteiger partial charge in [-0.2, -0.15) is 0 Å². The van der Waals surface area contributed by atoms with Crippen LogP contribution in [0.15, 0.2) is 37.4 Å². The van der Waals surface area contributed by atoms with Crippen LogP contribution in [0.3, 0.4) is 0 Å². The monoisotopic (exact) mass is 456 g/mol. The van der Waals surface area contributed by atoms with Crippen molar-refractivity contribution in [3.05, 3.63) is 43.2 Å². The Hall–Kier alpha value is -0.480. The number of benzene rings is 1. The van der Waals surface area contributed by atoms with Gasteiger partial charge in [-0.05, 0) is 47.2 Å². The van der Waals surface area contributed by atoms with Crippen LogP contribution in [-0.4, -0.2) is 15.5 Å². The van der Waals surface area contributed by atoms with Gasteiger partial charge in [0.2, 0.25) is 0 Å². The number of anilines is 1. The fraction of sp³-hybridized carbons (Fsp3) is 0.167. The zero-order valence-corrected chi connectivity index (χ0v) is 15.6. The molecule has 0 amide bonds. The summed E-state index contributed by atoms with van der Waals surface area (Å²) in [4.78, 5) is 0.955. The first-order chi connectivity index (χ1) is 9.83. The van der Waals surface area contributed by atoms with E-state index in [9.17, 15) is 12.8 Å². The lowest BCUT2D eigenvalue weighted by molar-refractivity contribution is 0.598. The van der Waals surface area contributed by atoms with Crippen molar-refractivity contribution in [2.45, 2.75) is 11.4 Å². The van der Waals surface area contributed by atoms with Crippen molar-refractivity contribution >= 4 is 58.9 Å². The lowest BCUT2D eigenvalue weighted by Gasteiger charge is -2.08. The Labute approximate surface area is 143 Å². The molecule has 21 heavy (non-hydrogen) atoms. The van der Waals surface area contributed by atoms with Gasteiger partial charge in [0.05, 0.1) is 9.47 Å². The molecule has 1 aromatic carbocycles. The number of hydrogen-bond donors (Lipinski definition) is 2. The summed E-state index contributed by atoms with van der Waals surface area (Å²) in [6.45, 7) is 0.560. The molecule has 0 unspecified atom stereocenters. The van der Waals surface area contributed by atoms with Gasteiger partial charge in [0.1, 0.15) is 10.7 Å². The average Bonchev–Trinajstić information content (AvgIpc) is 2.76. The summed E-state index contributed by atoms with van der Waals surface area (Å²) >= 11 is 7.74. The maximum atomic E-state index is 13.7. The molecule has 2 N–H and O–H groups in total. The second-order valence-electron chi connectivity index (χ2n) is 4.11. The minimum absolute atomic E-state index is 0.0946. The predicted molar refractivity (Wildman–Crippen MR) is 89.7 cm³/mol. The summed E-state index contributed by atoms with van der Waals surface area (Å²) in [6.07, 6.45) is 0. The topological polar surface area (TPSA) is 58.2 Å². The molecule has 0 atom stereocenters. The smallest absolute Gasteiger partial charge is 0.263 e. The molecule has 0 fully saturated rings. The number of nitrogens with one attached hydrogen (secondary N) is 2. The zero-order valence-electron chi connectivity index (χ0n) is 10.8. The van der Waals surface area contributed by atoms with Crippen molar-refractivity contribution in [3.63, 3.8) is 0 Å². The normalized spacial score (nSPS) is 11.6. The highest BCUT2D eigenvalue weighted by Gasteiger charge is 2.22. The van der Waals surface area contributed by atoms with Gasteiger partial charge in [-0.15, -0.1) is 11.3 Å². The van der Waals surface area contributed by atoms with E-state index >= 15 is 0 Å². The van der Waals surface area contributed by atoms with Gasteiger partial charge in [-0.3, -0.25) is 4.72 Å². The summed E-state index contributed by atoms with van der Waals surface area (Å²) < 4.78 is 41.7. The van der Waals surface area contributed by atoms with Crippen molar-refractivity contribution in [1.29, 1.82) is 0 Å². The van der Waals surface area contributed by atoms with Crippen LogP contribution in [0.25, 0.3) is 0 Å². The Kier molecular flexibility index (Phi) is 5.42. The van der Waals surface area contributed by atoms with Crippen LogP contribution in [-0.2, 0) is 16.6 Å². The van der Waals surface area contributed by atoms with Gasteiger partial charge in [-0.25, -0.2) is 12.8 Å². The van der Waals surface area contributed by atoms with Crippen molar-refractivity contribution in [3.8, 4) is 0 Å². The molecule has 0 aliphatic carbocycles. The number of rotatable bonds is 5. The van der Waals surface area contributed by atoms with Crippen molar-refractivity contribution in [1.82, 2.24) is 5.32 Å². The Morgan fingerprint density at radius 1 is 1.29 bits per heavy atom. The largest absolute Gasteiger partial charge is 0.315 e. The third-order valence-electron chi connectivity index (χ3n) is 2.52. The Morgan fingerprint density at radius 2 is 2.00 bits per heavy atom. The molecule has 0 aliphatic heterocycles. The van der Waals surface area contributed by atoms with E-state index < -0.39 is 15.8 Å². The molecule has 1 aromatic heterocycles. The molecular formula is C12H11Br2FN2O2S2. The van der Waals surface area contributed by atoms with Crippen LogP contribution < -0.4 is 10.0 Å². The maximum absolute atomic E-state index is 13.7. The van der Waals surface area contributed by atoms with Gasteiger partial charge < -0.3 is 5.32 Å². The maximum Gasteiger partial charge on any atom is 0.263 e. The first kappa shape index (κ1) is 16.9. The van der Waals surface area contributed by atoms with Crippen LogP contribution in [0.1, 0.15) is 4.88 Å². The third kappa shape index (κ3) is 4.04. The van der Waals surface area contributed by atoms with E-state index in [-0.39, 0.29) is 10.6 Å². The quantitative estimate of drug-likeness (QED) is 0.714. The van der Waals surface area contributed by atoms with Crippen LogP contribution in [0.4, 0.5) is 10.1 Å². The standard InChI is InChI=1S/C12H11Br2FN2O2S2/c1-16-6-8-5-11(12(14)20-8)21(18,19)17-10-4-7(13)2-3-9(10)15/h2-5,16-17H,6H2,1H3. The van der Waals surface area contributed by atoms with E-state index in [0.717, 1.165) is 4.88 Å².